The van der Waals surface area contributed by atoms with E-state index in [0.717, 1.165) is 11.8 Å². The molecular formula is C19H26N2O3S. The molecule has 0 saturated heterocycles. The van der Waals surface area contributed by atoms with Gasteiger partial charge in [-0.3, -0.25) is 4.79 Å². The molecule has 6 heteroatoms. The Morgan fingerprint density at radius 3 is 1.96 bits per heavy atom. The highest BCUT2D eigenvalue weighted by atomic mass is 32.2. The van der Waals surface area contributed by atoms with Gasteiger partial charge in [0.05, 0.1) is 4.90 Å². The van der Waals surface area contributed by atoms with Crippen molar-refractivity contribution in [1.82, 2.24) is 4.31 Å². The van der Waals surface area contributed by atoms with Gasteiger partial charge in [0, 0.05) is 25.7 Å². The summed E-state index contributed by atoms with van der Waals surface area (Å²) < 4.78 is 25.4. The van der Waals surface area contributed by atoms with Crippen LogP contribution < -0.4 is 5.32 Å². The number of hydrogen-bond donors (Lipinski definition) is 1. The van der Waals surface area contributed by atoms with E-state index in [2.05, 4.69) is 5.32 Å². The quantitative estimate of drug-likeness (QED) is 0.895. The summed E-state index contributed by atoms with van der Waals surface area (Å²) in [5.41, 5.74) is 0.677. The van der Waals surface area contributed by atoms with Crippen molar-refractivity contribution < 1.29 is 13.2 Å². The Morgan fingerprint density at radius 1 is 0.960 bits per heavy atom. The van der Waals surface area contributed by atoms with Gasteiger partial charge in [0.2, 0.25) is 15.9 Å². The highest BCUT2D eigenvalue weighted by Gasteiger charge is 2.50. The number of nitrogens with zero attached hydrogens (tertiary/aromatic N) is 1. The standard InChI is InChI=1S/C19H26N2O3S/c1-21(2)25(23,24)17-5-3-16(4-6-17)20-19(22)18-14-8-12-7-13(10-14)11-15(18)9-12/h3-6,12-15,18H,7-11H2,1-2H3,(H,20,22). The molecule has 1 N–H and O–H groups in total. The lowest BCUT2D eigenvalue weighted by molar-refractivity contribution is -0.132. The summed E-state index contributed by atoms with van der Waals surface area (Å²) >= 11 is 0. The van der Waals surface area contributed by atoms with E-state index in [0.29, 0.717) is 17.5 Å². The minimum Gasteiger partial charge on any atom is -0.326 e. The van der Waals surface area contributed by atoms with Crippen molar-refractivity contribution in [3.05, 3.63) is 24.3 Å². The fourth-order valence-electron chi connectivity index (χ4n) is 5.50. The third kappa shape index (κ3) is 2.99. The first-order chi connectivity index (χ1) is 11.8. The lowest BCUT2D eigenvalue weighted by atomic mass is 9.51. The van der Waals surface area contributed by atoms with Crippen LogP contribution in [0.2, 0.25) is 0 Å². The highest BCUT2D eigenvalue weighted by molar-refractivity contribution is 7.89. The first kappa shape index (κ1) is 17.0. The predicted molar refractivity (Wildman–Crippen MR) is 96.5 cm³/mol. The van der Waals surface area contributed by atoms with Gasteiger partial charge in [0.1, 0.15) is 0 Å². The second kappa shape index (κ2) is 6.09. The summed E-state index contributed by atoms with van der Waals surface area (Å²) in [4.78, 5) is 13.1. The van der Waals surface area contributed by atoms with Crippen LogP contribution in [0.4, 0.5) is 5.69 Å². The van der Waals surface area contributed by atoms with E-state index in [9.17, 15) is 13.2 Å². The van der Waals surface area contributed by atoms with E-state index in [4.69, 9.17) is 0 Å². The van der Waals surface area contributed by atoms with Gasteiger partial charge in [-0.2, -0.15) is 0 Å². The fraction of sp³-hybridized carbons (Fsp3) is 0.632. The molecule has 4 bridgehead atoms. The van der Waals surface area contributed by atoms with Crippen LogP contribution in [0, 0.1) is 29.6 Å². The molecule has 0 spiro atoms. The molecule has 1 amide bonds. The van der Waals surface area contributed by atoms with Crippen molar-refractivity contribution in [3.8, 4) is 0 Å². The summed E-state index contributed by atoms with van der Waals surface area (Å²) in [6.45, 7) is 0. The lowest BCUT2D eigenvalue weighted by Crippen LogP contribution is -2.49. The van der Waals surface area contributed by atoms with Crippen LogP contribution in [0.1, 0.15) is 32.1 Å². The van der Waals surface area contributed by atoms with E-state index >= 15 is 0 Å². The van der Waals surface area contributed by atoms with Gasteiger partial charge in [-0.1, -0.05) is 0 Å². The van der Waals surface area contributed by atoms with Gasteiger partial charge in [-0.25, -0.2) is 12.7 Å². The van der Waals surface area contributed by atoms with E-state index in [-0.39, 0.29) is 16.7 Å². The number of carbonyl (C=O) groups excluding carboxylic acids is 1. The molecule has 5 nitrogen and oxygen atoms in total. The third-order valence-corrected chi connectivity index (χ3v) is 8.26. The zero-order valence-corrected chi connectivity index (χ0v) is 15.6. The maximum absolute atomic E-state index is 12.9. The average Bonchev–Trinajstić information content (AvgIpc) is 2.54. The number of hydrogen-bond acceptors (Lipinski definition) is 3. The zero-order chi connectivity index (χ0) is 17.8. The largest absolute Gasteiger partial charge is 0.326 e. The molecule has 1 aromatic carbocycles. The van der Waals surface area contributed by atoms with Crippen LogP contribution in [0.15, 0.2) is 29.2 Å². The fourth-order valence-corrected chi connectivity index (χ4v) is 6.40. The normalized spacial score (nSPS) is 33.6. The Morgan fingerprint density at radius 2 is 1.48 bits per heavy atom. The number of sulfonamides is 1. The van der Waals surface area contributed by atoms with Crippen molar-refractivity contribution in [2.24, 2.45) is 29.6 Å². The molecule has 1 aromatic rings. The molecule has 0 atom stereocenters. The van der Waals surface area contributed by atoms with Crippen LogP contribution in [0.5, 0.6) is 0 Å². The number of amides is 1. The second-order valence-corrected chi connectivity index (χ2v) is 10.4. The number of nitrogens with one attached hydrogen (secondary N) is 1. The Hall–Kier alpha value is -1.40. The molecule has 0 aromatic heterocycles. The third-order valence-electron chi connectivity index (χ3n) is 6.43. The smallest absolute Gasteiger partial charge is 0.242 e. The van der Waals surface area contributed by atoms with E-state index < -0.39 is 10.0 Å². The molecule has 5 rings (SSSR count). The molecule has 0 radical (unpaired) electrons. The summed E-state index contributed by atoms with van der Waals surface area (Å²) in [5.74, 6) is 3.05. The topological polar surface area (TPSA) is 66.5 Å². The highest BCUT2D eigenvalue weighted by Crippen LogP contribution is 2.56. The molecule has 136 valence electrons. The monoisotopic (exact) mass is 362 g/mol. The summed E-state index contributed by atoms with van der Waals surface area (Å²) in [5, 5.41) is 3.03. The number of rotatable bonds is 4. The Kier molecular flexibility index (Phi) is 4.15. The van der Waals surface area contributed by atoms with Crippen molar-refractivity contribution in [2.45, 2.75) is 37.0 Å². The molecule has 0 aliphatic heterocycles. The predicted octanol–water partition coefficient (Wildman–Crippen LogP) is 2.95. The Bertz CT molecular complexity index is 742. The van der Waals surface area contributed by atoms with Crippen LogP contribution >= 0.6 is 0 Å². The van der Waals surface area contributed by atoms with Crippen LogP contribution in [-0.4, -0.2) is 32.7 Å². The molecule has 0 heterocycles. The van der Waals surface area contributed by atoms with E-state index in [1.165, 1.54) is 50.5 Å². The molecule has 4 fully saturated rings. The minimum absolute atomic E-state index is 0.122. The molecule has 0 unspecified atom stereocenters. The summed E-state index contributed by atoms with van der Waals surface area (Å²) in [7, 11) is -0.413. The first-order valence-corrected chi connectivity index (χ1v) is 10.6. The number of benzene rings is 1. The van der Waals surface area contributed by atoms with Gasteiger partial charge in [0.25, 0.3) is 0 Å². The van der Waals surface area contributed by atoms with Gasteiger partial charge < -0.3 is 5.32 Å². The number of anilines is 1. The first-order valence-electron chi connectivity index (χ1n) is 9.18. The lowest BCUT2D eigenvalue weighted by Gasteiger charge is -2.53. The van der Waals surface area contributed by atoms with Crippen molar-refractivity contribution >= 4 is 21.6 Å². The van der Waals surface area contributed by atoms with Crippen LogP contribution in [0.3, 0.4) is 0 Å². The van der Waals surface area contributed by atoms with Crippen LogP contribution in [0.25, 0.3) is 0 Å². The molecule has 4 aliphatic rings. The van der Waals surface area contributed by atoms with Gasteiger partial charge in [0.15, 0.2) is 0 Å². The van der Waals surface area contributed by atoms with E-state index in [1.807, 2.05) is 0 Å². The van der Waals surface area contributed by atoms with Gasteiger partial charge in [-0.15, -0.1) is 0 Å². The zero-order valence-electron chi connectivity index (χ0n) is 14.8. The summed E-state index contributed by atoms with van der Waals surface area (Å²) in [6.07, 6.45) is 6.23. The van der Waals surface area contributed by atoms with Crippen molar-refractivity contribution in [3.63, 3.8) is 0 Å². The molecule has 4 saturated carbocycles. The average molecular weight is 362 g/mol. The Balaban J connectivity index is 1.47. The second-order valence-electron chi connectivity index (χ2n) is 8.26. The number of carbonyl (C=O) groups is 1. The molecule has 4 aliphatic carbocycles. The summed E-state index contributed by atoms with van der Waals surface area (Å²) in [6, 6.07) is 6.48. The maximum atomic E-state index is 12.9. The molecule has 25 heavy (non-hydrogen) atoms. The van der Waals surface area contributed by atoms with Crippen LogP contribution in [-0.2, 0) is 14.8 Å². The SMILES string of the molecule is CN(C)S(=O)(=O)c1ccc(NC(=O)C2C3CC4CC(C3)CC2C4)cc1. The van der Waals surface area contributed by atoms with Crippen molar-refractivity contribution in [1.29, 1.82) is 0 Å². The van der Waals surface area contributed by atoms with Crippen molar-refractivity contribution in [2.75, 3.05) is 19.4 Å². The Labute approximate surface area is 149 Å². The van der Waals surface area contributed by atoms with E-state index in [1.54, 1.807) is 24.3 Å². The molecular weight excluding hydrogens is 336 g/mol. The maximum Gasteiger partial charge on any atom is 0.242 e. The van der Waals surface area contributed by atoms with Gasteiger partial charge >= 0.3 is 0 Å². The van der Waals surface area contributed by atoms with Gasteiger partial charge in [-0.05, 0) is 80.0 Å². The minimum atomic E-state index is -3.44.